The second-order valence-electron chi connectivity index (χ2n) is 9.05. The van der Waals surface area contributed by atoms with Crippen LogP contribution in [0.25, 0.3) is 21.8 Å². The lowest BCUT2D eigenvalue weighted by Gasteiger charge is -2.21. The molecule has 32 heavy (non-hydrogen) atoms. The van der Waals surface area contributed by atoms with Crippen molar-refractivity contribution in [1.29, 1.82) is 0 Å². The molecule has 0 aliphatic rings. The van der Waals surface area contributed by atoms with Gasteiger partial charge < -0.3 is 4.57 Å². The van der Waals surface area contributed by atoms with E-state index in [1.54, 1.807) is 0 Å². The van der Waals surface area contributed by atoms with Gasteiger partial charge in [0, 0.05) is 34.3 Å². The van der Waals surface area contributed by atoms with Crippen LogP contribution in [0.15, 0.2) is 72.8 Å². The number of aromatic nitrogens is 1. The van der Waals surface area contributed by atoms with Gasteiger partial charge in [-0.25, -0.2) is 0 Å². The van der Waals surface area contributed by atoms with Crippen LogP contribution in [0.3, 0.4) is 0 Å². The fourth-order valence-corrected chi connectivity index (χ4v) is 4.84. The second-order valence-corrected chi connectivity index (χ2v) is 9.05. The summed E-state index contributed by atoms with van der Waals surface area (Å²) in [5.41, 5.74) is 5.04. The first-order chi connectivity index (χ1) is 15.4. The maximum atomic E-state index is 11.8. The van der Waals surface area contributed by atoms with Gasteiger partial charge in [0.15, 0.2) is 0 Å². The Kier molecular flexibility index (Phi) is 6.55. The quantitative estimate of drug-likeness (QED) is 0.270. The van der Waals surface area contributed by atoms with Gasteiger partial charge in [0.1, 0.15) is 11.6 Å². The standard InChI is InChI=1S/C29H31NO2/c1-20(24-15-12-23(13-16-24)14-17-25(32)19-22(3)31)18-21(2)30-28-10-6-4-8-26(28)27-9-5-7-11-29(27)30/h4-13,15-16,20-21H,14,17-19H2,1-3H3. The SMILES string of the molecule is CC(=O)CC(=O)CCc1ccc(C(C)CC(C)n2c3ccccc3c3ccccc32)cc1. The molecule has 0 radical (unpaired) electrons. The largest absolute Gasteiger partial charge is 0.338 e. The number of nitrogens with zero attached hydrogens (tertiary/aromatic N) is 1. The number of hydrogen-bond donors (Lipinski definition) is 0. The third-order valence-electron chi connectivity index (χ3n) is 6.44. The Labute approximate surface area is 190 Å². The fraction of sp³-hybridized carbons (Fsp3) is 0.310. The van der Waals surface area contributed by atoms with Crippen molar-refractivity contribution in [2.45, 2.75) is 58.4 Å². The molecule has 4 aromatic rings. The summed E-state index contributed by atoms with van der Waals surface area (Å²) < 4.78 is 2.48. The maximum Gasteiger partial charge on any atom is 0.140 e. The van der Waals surface area contributed by atoms with E-state index in [1.165, 1.54) is 34.3 Å². The number of ketones is 2. The fourth-order valence-electron chi connectivity index (χ4n) is 4.84. The van der Waals surface area contributed by atoms with Crippen LogP contribution >= 0.6 is 0 Å². The third-order valence-corrected chi connectivity index (χ3v) is 6.44. The van der Waals surface area contributed by atoms with Crippen LogP contribution in [0.2, 0.25) is 0 Å². The lowest BCUT2D eigenvalue weighted by molar-refractivity contribution is -0.125. The zero-order valence-corrected chi connectivity index (χ0v) is 19.2. The Hall–Kier alpha value is -3.20. The van der Waals surface area contributed by atoms with Crippen molar-refractivity contribution in [2.24, 2.45) is 0 Å². The van der Waals surface area contributed by atoms with E-state index < -0.39 is 0 Å². The zero-order valence-electron chi connectivity index (χ0n) is 19.2. The molecule has 0 saturated heterocycles. The predicted molar refractivity (Wildman–Crippen MR) is 132 cm³/mol. The molecular weight excluding hydrogens is 394 g/mol. The van der Waals surface area contributed by atoms with Crippen LogP contribution in [0, 0.1) is 0 Å². The van der Waals surface area contributed by atoms with Crippen molar-refractivity contribution in [1.82, 2.24) is 4.57 Å². The van der Waals surface area contributed by atoms with E-state index in [0.717, 1.165) is 12.0 Å². The Balaban J connectivity index is 1.48. The number of aryl methyl sites for hydroxylation is 1. The Morgan fingerprint density at radius 2 is 1.38 bits per heavy atom. The molecule has 2 unspecified atom stereocenters. The highest BCUT2D eigenvalue weighted by Crippen LogP contribution is 2.35. The summed E-state index contributed by atoms with van der Waals surface area (Å²) in [6, 6.07) is 26.3. The minimum absolute atomic E-state index is 0.0231. The lowest BCUT2D eigenvalue weighted by atomic mass is 9.93. The molecule has 0 bridgehead atoms. The number of benzene rings is 3. The lowest BCUT2D eigenvalue weighted by Crippen LogP contribution is -2.09. The molecule has 0 fully saturated rings. The Morgan fingerprint density at radius 3 is 1.94 bits per heavy atom. The third kappa shape index (κ3) is 4.67. The van der Waals surface area contributed by atoms with E-state index in [9.17, 15) is 9.59 Å². The summed E-state index contributed by atoms with van der Waals surface area (Å²) in [6.07, 6.45) is 2.21. The smallest absolute Gasteiger partial charge is 0.140 e. The van der Waals surface area contributed by atoms with Crippen molar-refractivity contribution < 1.29 is 9.59 Å². The summed E-state index contributed by atoms with van der Waals surface area (Å²) >= 11 is 0. The van der Waals surface area contributed by atoms with Gasteiger partial charge in [-0.1, -0.05) is 67.6 Å². The number of para-hydroxylation sites is 2. The highest BCUT2D eigenvalue weighted by Gasteiger charge is 2.18. The second kappa shape index (κ2) is 9.52. The van der Waals surface area contributed by atoms with Crippen LogP contribution in [-0.2, 0) is 16.0 Å². The number of carbonyl (C=O) groups is 2. The van der Waals surface area contributed by atoms with Crippen LogP contribution < -0.4 is 0 Å². The molecule has 0 spiro atoms. The number of Topliss-reactive ketones (excluding diaryl/α,β-unsaturated/α-hetero) is 2. The average molecular weight is 426 g/mol. The first kappa shape index (κ1) is 22.0. The molecule has 1 aromatic heterocycles. The molecule has 0 N–H and O–H groups in total. The van der Waals surface area contributed by atoms with Crippen molar-refractivity contribution >= 4 is 33.4 Å². The summed E-state index contributed by atoms with van der Waals surface area (Å²) in [4.78, 5) is 22.9. The first-order valence-electron chi connectivity index (χ1n) is 11.5. The molecule has 1 heterocycles. The molecule has 0 saturated carbocycles. The maximum absolute atomic E-state index is 11.8. The van der Waals surface area contributed by atoms with E-state index in [0.29, 0.717) is 24.8 Å². The molecular formula is C29H31NO2. The van der Waals surface area contributed by atoms with E-state index in [-0.39, 0.29) is 18.0 Å². The van der Waals surface area contributed by atoms with Crippen LogP contribution in [0.4, 0.5) is 0 Å². The topological polar surface area (TPSA) is 39.1 Å². The van der Waals surface area contributed by atoms with E-state index in [4.69, 9.17) is 0 Å². The molecule has 3 aromatic carbocycles. The Morgan fingerprint density at radius 1 is 0.812 bits per heavy atom. The number of carbonyl (C=O) groups excluding carboxylic acids is 2. The monoisotopic (exact) mass is 425 g/mol. The summed E-state index contributed by atoms with van der Waals surface area (Å²) in [5.74, 6) is 0.379. The predicted octanol–water partition coefficient (Wildman–Crippen LogP) is 7.03. The molecule has 4 rings (SSSR count). The van der Waals surface area contributed by atoms with E-state index in [1.807, 2.05) is 0 Å². The molecule has 3 heteroatoms. The van der Waals surface area contributed by atoms with Gasteiger partial charge >= 0.3 is 0 Å². The van der Waals surface area contributed by atoms with E-state index >= 15 is 0 Å². The van der Waals surface area contributed by atoms with Crippen molar-refractivity contribution in [3.05, 3.63) is 83.9 Å². The van der Waals surface area contributed by atoms with E-state index in [2.05, 4.69) is 91.2 Å². The highest BCUT2D eigenvalue weighted by molar-refractivity contribution is 6.08. The normalized spacial score (nSPS) is 13.3. The van der Waals surface area contributed by atoms with Gasteiger partial charge in [-0.05, 0) is 55.9 Å². The number of rotatable bonds is 9. The number of hydrogen-bond acceptors (Lipinski definition) is 2. The minimum atomic E-state index is -0.0588. The van der Waals surface area contributed by atoms with Gasteiger partial charge in [-0.2, -0.15) is 0 Å². The van der Waals surface area contributed by atoms with Gasteiger partial charge in [0.05, 0.1) is 6.42 Å². The molecule has 0 aliphatic carbocycles. The minimum Gasteiger partial charge on any atom is -0.338 e. The molecule has 2 atom stereocenters. The molecule has 164 valence electrons. The van der Waals surface area contributed by atoms with Crippen molar-refractivity contribution in [2.75, 3.05) is 0 Å². The molecule has 0 amide bonds. The van der Waals surface area contributed by atoms with Gasteiger partial charge in [-0.15, -0.1) is 0 Å². The average Bonchev–Trinajstić information content (AvgIpc) is 3.12. The summed E-state index contributed by atoms with van der Waals surface area (Å²) in [6.45, 7) is 6.06. The van der Waals surface area contributed by atoms with Crippen LogP contribution in [0.1, 0.15) is 63.1 Å². The Bertz CT molecular complexity index is 1200. The zero-order chi connectivity index (χ0) is 22.7. The first-order valence-corrected chi connectivity index (χ1v) is 11.5. The highest BCUT2D eigenvalue weighted by atomic mass is 16.1. The van der Waals surface area contributed by atoms with Crippen LogP contribution in [0.5, 0.6) is 0 Å². The summed E-state index contributed by atoms with van der Waals surface area (Å²) in [5, 5.41) is 2.62. The molecule has 3 nitrogen and oxygen atoms in total. The van der Waals surface area contributed by atoms with Crippen molar-refractivity contribution in [3.8, 4) is 0 Å². The van der Waals surface area contributed by atoms with Gasteiger partial charge in [0.25, 0.3) is 0 Å². The van der Waals surface area contributed by atoms with Crippen LogP contribution in [-0.4, -0.2) is 16.1 Å². The van der Waals surface area contributed by atoms with Crippen molar-refractivity contribution in [3.63, 3.8) is 0 Å². The van der Waals surface area contributed by atoms with Gasteiger partial charge in [0.2, 0.25) is 0 Å². The number of fused-ring (bicyclic) bond motifs is 3. The van der Waals surface area contributed by atoms with Gasteiger partial charge in [-0.3, -0.25) is 9.59 Å². The molecule has 0 aliphatic heterocycles. The summed E-state index contributed by atoms with van der Waals surface area (Å²) in [7, 11) is 0.